The molecule has 0 aromatic rings. The largest absolute Gasteiger partial charge is 0.469 e. The minimum absolute atomic E-state index is 0.0165. The van der Waals surface area contributed by atoms with Crippen LogP contribution >= 0.6 is 0 Å². The van der Waals surface area contributed by atoms with Gasteiger partial charge in [0.05, 0.1) is 31.7 Å². The van der Waals surface area contributed by atoms with Crippen molar-refractivity contribution in [3.05, 3.63) is 12.2 Å². The standard InChI is InChI=1S/C21H36O8/c1-6-21(4,20(23)24-5)15-29-28-14-17-9-7-8-10-18(17)19(22)25-11-12-26-27-13-16(2)3/h17-18H,2,6-15H2,1,3-5H3. The fourth-order valence-electron chi connectivity index (χ4n) is 3.06. The minimum atomic E-state index is -0.758. The van der Waals surface area contributed by atoms with Gasteiger partial charge in [-0.05, 0) is 39.0 Å². The fraction of sp³-hybridized carbons (Fsp3) is 0.810. The number of ether oxygens (including phenoxy) is 2. The van der Waals surface area contributed by atoms with Crippen molar-refractivity contribution >= 4 is 11.9 Å². The first kappa shape index (κ1) is 25.6. The van der Waals surface area contributed by atoms with Gasteiger partial charge in [0.2, 0.25) is 0 Å². The average molecular weight is 417 g/mol. The molecule has 0 aromatic heterocycles. The Morgan fingerprint density at radius 2 is 1.79 bits per heavy atom. The summed E-state index contributed by atoms with van der Waals surface area (Å²) in [5.74, 6) is -0.809. The monoisotopic (exact) mass is 416 g/mol. The number of rotatable bonds is 14. The summed E-state index contributed by atoms with van der Waals surface area (Å²) in [7, 11) is 1.35. The van der Waals surface area contributed by atoms with Crippen LogP contribution in [0.15, 0.2) is 12.2 Å². The van der Waals surface area contributed by atoms with E-state index >= 15 is 0 Å². The Hall–Kier alpha value is -1.48. The van der Waals surface area contributed by atoms with Crippen LogP contribution in [0.2, 0.25) is 0 Å². The molecule has 1 aliphatic rings. The van der Waals surface area contributed by atoms with E-state index in [1.807, 2.05) is 13.8 Å². The second-order valence-corrected chi connectivity index (χ2v) is 7.81. The Labute approximate surface area is 173 Å². The van der Waals surface area contributed by atoms with E-state index in [2.05, 4.69) is 6.58 Å². The third-order valence-corrected chi connectivity index (χ3v) is 5.21. The first-order valence-electron chi connectivity index (χ1n) is 10.2. The smallest absolute Gasteiger partial charge is 0.313 e. The van der Waals surface area contributed by atoms with Gasteiger partial charge in [-0.25, -0.2) is 19.6 Å². The molecule has 3 unspecified atom stereocenters. The van der Waals surface area contributed by atoms with Gasteiger partial charge in [0, 0.05) is 0 Å². The van der Waals surface area contributed by atoms with Gasteiger partial charge >= 0.3 is 11.9 Å². The highest BCUT2D eigenvalue weighted by Crippen LogP contribution is 2.31. The van der Waals surface area contributed by atoms with Gasteiger partial charge < -0.3 is 9.47 Å². The molecule has 3 atom stereocenters. The van der Waals surface area contributed by atoms with Gasteiger partial charge in [0.1, 0.15) is 19.8 Å². The summed E-state index contributed by atoms with van der Waals surface area (Å²) in [5, 5.41) is 0. The summed E-state index contributed by atoms with van der Waals surface area (Å²) < 4.78 is 10.1. The molecule has 8 nitrogen and oxygen atoms in total. The molecule has 0 N–H and O–H groups in total. The van der Waals surface area contributed by atoms with E-state index in [9.17, 15) is 9.59 Å². The van der Waals surface area contributed by atoms with Crippen LogP contribution in [0, 0.1) is 17.3 Å². The Morgan fingerprint density at radius 1 is 1.07 bits per heavy atom. The number of carbonyl (C=O) groups is 2. The predicted octanol–water partition coefficient (Wildman–Crippen LogP) is 3.40. The lowest BCUT2D eigenvalue weighted by molar-refractivity contribution is -0.317. The average Bonchev–Trinajstić information content (AvgIpc) is 2.72. The van der Waals surface area contributed by atoms with Crippen LogP contribution < -0.4 is 0 Å². The molecule has 1 fully saturated rings. The fourth-order valence-corrected chi connectivity index (χ4v) is 3.06. The molecule has 0 bridgehead atoms. The van der Waals surface area contributed by atoms with Crippen LogP contribution in [-0.2, 0) is 38.6 Å². The lowest BCUT2D eigenvalue weighted by Crippen LogP contribution is -2.35. The number of hydrogen-bond acceptors (Lipinski definition) is 8. The normalized spacial score (nSPS) is 21.2. The topological polar surface area (TPSA) is 89.5 Å². The Bertz CT molecular complexity index is 521. The Morgan fingerprint density at radius 3 is 2.45 bits per heavy atom. The molecule has 29 heavy (non-hydrogen) atoms. The number of esters is 2. The van der Waals surface area contributed by atoms with Gasteiger partial charge in [0.15, 0.2) is 0 Å². The van der Waals surface area contributed by atoms with Crippen LogP contribution in [0.5, 0.6) is 0 Å². The first-order valence-corrected chi connectivity index (χ1v) is 10.2. The van der Waals surface area contributed by atoms with Gasteiger partial charge in [0.25, 0.3) is 0 Å². The van der Waals surface area contributed by atoms with E-state index in [0.29, 0.717) is 13.0 Å². The molecular formula is C21H36O8. The number of carbonyl (C=O) groups excluding carboxylic acids is 2. The molecule has 0 aromatic carbocycles. The highest BCUT2D eigenvalue weighted by molar-refractivity contribution is 5.76. The van der Waals surface area contributed by atoms with E-state index in [4.69, 9.17) is 29.0 Å². The molecule has 8 heteroatoms. The highest BCUT2D eigenvalue weighted by atomic mass is 17.2. The van der Waals surface area contributed by atoms with Gasteiger partial charge in [-0.3, -0.25) is 9.59 Å². The molecule has 0 radical (unpaired) electrons. The van der Waals surface area contributed by atoms with E-state index in [0.717, 1.165) is 31.3 Å². The van der Waals surface area contributed by atoms with Crippen LogP contribution in [0.4, 0.5) is 0 Å². The van der Waals surface area contributed by atoms with E-state index in [1.54, 1.807) is 6.92 Å². The molecule has 1 saturated carbocycles. The van der Waals surface area contributed by atoms with Crippen LogP contribution in [-0.4, -0.2) is 52.1 Å². The zero-order chi connectivity index (χ0) is 21.7. The Balaban J connectivity index is 2.35. The quantitative estimate of drug-likeness (QED) is 0.140. The van der Waals surface area contributed by atoms with Crippen LogP contribution in [0.3, 0.4) is 0 Å². The van der Waals surface area contributed by atoms with Gasteiger partial charge in [-0.1, -0.05) is 31.9 Å². The molecule has 168 valence electrons. The second-order valence-electron chi connectivity index (χ2n) is 7.81. The minimum Gasteiger partial charge on any atom is -0.469 e. The van der Waals surface area contributed by atoms with Crippen molar-refractivity contribution < 1.29 is 38.6 Å². The summed E-state index contributed by atoms with van der Waals surface area (Å²) in [6.45, 7) is 10.2. The molecule has 0 saturated heterocycles. The van der Waals surface area contributed by atoms with Crippen LogP contribution in [0.25, 0.3) is 0 Å². The van der Waals surface area contributed by atoms with E-state index in [1.165, 1.54) is 7.11 Å². The molecule has 1 aliphatic carbocycles. The van der Waals surface area contributed by atoms with Crippen molar-refractivity contribution in [2.24, 2.45) is 17.3 Å². The molecule has 0 aliphatic heterocycles. The van der Waals surface area contributed by atoms with Crippen LogP contribution in [0.1, 0.15) is 52.9 Å². The SMILES string of the molecule is C=C(C)COOCCOC(=O)C1CCCCC1COOCC(C)(CC)C(=O)OC. The molecular weight excluding hydrogens is 380 g/mol. The summed E-state index contributed by atoms with van der Waals surface area (Å²) in [6, 6.07) is 0. The third-order valence-electron chi connectivity index (χ3n) is 5.21. The van der Waals surface area contributed by atoms with E-state index < -0.39 is 5.41 Å². The first-order chi connectivity index (χ1) is 13.8. The summed E-state index contributed by atoms with van der Waals surface area (Å²) in [6.07, 6.45) is 4.20. The molecule has 1 rings (SSSR count). The van der Waals surface area contributed by atoms with Crippen molar-refractivity contribution in [3.63, 3.8) is 0 Å². The number of hydrogen-bond donors (Lipinski definition) is 0. The Kier molecular flexibility index (Phi) is 12.1. The molecule has 0 spiro atoms. The lowest BCUT2D eigenvalue weighted by Gasteiger charge is -2.30. The maximum Gasteiger partial charge on any atom is 0.313 e. The zero-order valence-electron chi connectivity index (χ0n) is 18.2. The molecule has 0 heterocycles. The van der Waals surface area contributed by atoms with E-state index in [-0.39, 0.29) is 50.2 Å². The van der Waals surface area contributed by atoms with Crippen molar-refractivity contribution in [2.45, 2.75) is 52.9 Å². The summed E-state index contributed by atoms with van der Waals surface area (Å²) >= 11 is 0. The number of methoxy groups -OCH3 is 1. The van der Waals surface area contributed by atoms with Gasteiger partial charge in [-0.2, -0.15) is 0 Å². The lowest BCUT2D eigenvalue weighted by atomic mass is 9.80. The summed E-state index contributed by atoms with van der Waals surface area (Å²) in [4.78, 5) is 44.8. The summed E-state index contributed by atoms with van der Waals surface area (Å²) in [5.41, 5.74) is 0.0892. The van der Waals surface area contributed by atoms with Crippen molar-refractivity contribution in [3.8, 4) is 0 Å². The zero-order valence-corrected chi connectivity index (χ0v) is 18.2. The maximum absolute atomic E-state index is 12.4. The van der Waals surface area contributed by atoms with Gasteiger partial charge in [-0.15, -0.1) is 0 Å². The maximum atomic E-state index is 12.4. The third kappa shape index (κ3) is 9.25. The van der Waals surface area contributed by atoms with Crippen molar-refractivity contribution in [1.82, 2.24) is 0 Å². The van der Waals surface area contributed by atoms with Crippen molar-refractivity contribution in [2.75, 3.05) is 40.1 Å². The second kappa shape index (κ2) is 13.7. The highest BCUT2D eigenvalue weighted by Gasteiger charge is 2.35. The van der Waals surface area contributed by atoms with Crippen molar-refractivity contribution in [1.29, 1.82) is 0 Å². The molecule has 0 amide bonds. The predicted molar refractivity (Wildman–Crippen MR) is 105 cm³/mol.